The van der Waals surface area contributed by atoms with Gasteiger partial charge in [-0.1, -0.05) is 60.7 Å². The molecule has 2 aromatic carbocycles. The Kier molecular flexibility index (Phi) is 7.64. The molecular formula is C24H26N2O6S. The van der Waals surface area contributed by atoms with Crippen LogP contribution in [0.15, 0.2) is 60.7 Å². The Morgan fingerprint density at radius 3 is 2.39 bits per heavy atom. The number of amides is 3. The van der Waals surface area contributed by atoms with E-state index >= 15 is 0 Å². The first-order valence-electron chi connectivity index (χ1n) is 10.8. The Balaban J connectivity index is 1.22. The molecule has 9 heteroatoms. The Morgan fingerprint density at radius 1 is 1.03 bits per heavy atom. The summed E-state index contributed by atoms with van der Waals surface area (Å²) < 4.78 is 16.8. The van der Waals surface area contributed by atoms with Crippen molar-refractivity contribution in [3.8, 4) is 0 Å². The third-order valence-electron chi connectivity index (χ3n) is 5.42. The van der Waals surface area contributed by atoms with Gasteiger partial charge >= 0.3 is 6.09 Å². The number of hydrogen-bond donors (Lipinski definition) is 0. The smallest absolute Gasteiger partial charge is 0.410 e. The molecule has 3 unspecified atom stereocenters. The predicted octanol–water partition coefficient (Wildman–Crippen LogP) is 3.65. The van der Waals surface area contributed by atoms with Crippen LogP contribution >= 0.6 is 11.8 Å². The lowest BCUT2D eigenvalue weighted by Crippen LogP contribution is -2.39. The van der Waals surface area contributed by atoms with E-state index in [4.69, 9.17) is 14.2 Å². The fourth-order valence-corrected chi connectivity index (χ4v) is 4.46. The molecule has 0 spiro atoms. The van der Waals surface area contributed by atoms with Gasteiger partial charge in [-0.05, 0) is 29.8 Å². The molecule has 8 nitrogen and oxygen atoms in total. The first kappa shape index (κ1) is 23.3. The second-order valence-corrected chi connectivity index (χ2v) is 8.98. The molecule has 2 heterocycles. The van der Waals surface area contributed by atoms with Crippen LogP contribution in [0.2, 0.25) is 0 Å². The number of hydrogen-bond acceptors (Lipinski definition) is 7. The van der Waals surface area contributed by atoms with Crippen LogP contribution in [0.4, 0.5) is 9.59 Å². The normalized spacial score (nSPS) is 21.5. The molecule has 0 aliphatic carbocycles. The van der Waals surface area contributed by atoms with Gasteiger partial charge in [0.2, 0.25) is 0 Å². The summed E-state index contributed by atoms with van der Waals surface area (Å²) in [4.78, 5) is 40.0. The largest absolute Gasteiger partial charge is 0.442 e. The molecule has 0 radical (unpaired) electrons. The van der Waals surface area contributed by atoms with Crippen molar-refractivity contribution in [1.29, 1.82) is 0 Å². The van der Waals surface area contributed by atoms with E-state index in [-0.39, 0.29) is 36.4 Å². The van der Waals surface area contributed by atoms with Crippen molar-refractivity contribution in [3.05, 3.63) is 71.8 Å². The van der Waals surface area contributed by atoms with Gasteiger partial charge in [0, 0.05) is 0 Å². The van der Waals surface area contributed by atoms with E-state index < -0.39 is 11.5 Å². The quantitative estimate of drug-likeness (QED) is 0.524. The lowest BCUT2D eigenvalue weighted by molar-refractivity contribution is -0.134. The Hall–Kier alpha value is -2.88. The van der Waals surface area contributed by atoms with E-state index in [2.05, 4.69) is 0 Å². The fraction of sp³-hybridized carbons (Fsp3) is 0.375. The minimum absolute atomic E-state index is 0.114. The van der Waals surface area contributed by atoms with E-state index in [9.17, 15) is 14.4 Å². The van der Waals surface area contributed by atoms with Crippen molar-refractivity contribution in [2.24, 2.45) is 0 Å². The van der Waals surface area contributed by atoms with Crippen LogP contribution in [0.5, 0.6) is 0 Å². The van der Waals surface area contributed by atoms with Gasteiger partial charge in [-0.25, -0.2) is 4.79 Å². The van der Waals surface area contributed by atoms with E-state index in [0.29, 0.717) is 19.8 Å². The average molecular weight is 471 g/mol. The molecule has 2 saturated heterocycles. The fourth-order valence-electron chi connectivity index (χ4n) is 3.62. The van der Waals surface area contributed by atoms with Crippen molar-refractivity contribution in [2.45, 2.75) is 37.7 Å². The SMILES string of the molecule is CC(COC1SC(=O)N(Cc2ccccc2)C1=O)N1CC(COCc2ccccc2)OC1=O. The van der Waals surface area contributed by atoms with Crippen LogP contribution in [0.25, 0.3) is 0 Å². The number of thioether (sulfide) groups is 1. The summed E-state index contributed by atoms with van der Waals surface area (Å²) in [7, 11) is 0. The molecule has 2 aromatic rings. The van der Waals surface area contributed by atoms with E-state index in [1.54, 1.807) is 4.90 Å². The monoisotopic (exact) mass is 470 g/mol. The van der Waals surface area contributed by atoms with Crippen molar-refractivity contribution in [2.75, 3.05) is 19.8 Å². The topological polar surface area (TPSA) is 85.4 Å². The Morgan fingerprint density at radius 2 is 1.70 bits per heavy atom. The number of benzene rings is 2. The maximum absolute atomic E-state index is 12.6. The van der Waals surface area contributed by atoms with Gasteiger partial charge in [0.25, 0.3) is 11.1 Å². The van der Waals surface area contributed by atoms with Gasteiger partial charge in [0.05, 0.1) is 39.0 Å². The molecule has 174 valence electrons. The van der Waals surface area contributed by atoms with Crippen LogP contribution < -0.4 is 0 Å². The molecule has 2 aliphatic heterocycles. The van der Waals surface area contributed by atoms with Crippen LogP contribution in [-0.4, -0.2) is 64.4 Å². The van der Waals surface area contributed by atoms with Crippen molar-refractivity contribution < 1.29 is 28.6 Å². The lowest BCUT2D eigenvalue weighted by Gasteiger charge is -2.22. The van der Waals surface area contributed by atoms with Gasteiger partial charge in [-0.15, -0.1) is 0 Å². The highest BCUT2D eigenvalue weighted by molar-refractivity contribution is 8.15. The van der Waals surface area contributed by atoms with E-state index in [1.165, 1.54) is 4.90 Å². The Labute approximate surface area is 196 Å². The minimum Gasteiger partial charge on any atom is -0.442 e. The maximum atomic E-state index is 12.6. The summed E-state index contributed by atoms with van der Waals surface area (Å²) in [6.07, 6.45) is -0.805. The average Bonchev–Trinajstić information content (AvgIpc) is 3.33. The summed E-state index contributed by atoms with van der Waals surface area (Å²) in [5.74, 6) is -0.378. The van der Waals surface area contributed by atoms with Crippen LogP contribution in [0.3, 0.4) is 0 Å². The maximum Gasteiger partial charge on any atom is 0.410 e. The number of carbonyl (C=O) groups is 3. The van der Waals surface area contributed by atoms with Gasteiger partial charge < -0.3 is 14.2 Å². The predicted molar refractivity (Wildman–Crippen MR) is 122 cm³/mol. The second kappa shape index (κ2) is 10.8. The second-order valence-electron chi connectivity index (χ2n) is 7.97. The summed E-state index contributed by atoms with van der Waals surface area (Å²) in [6.45, 7) is 3.27. The lowest BCUT2D eigenvalue weighted by atomic mass is 10.2. The van der Waals surface area contributed by atoms with Gasteiger partial charge in [0.15, 0.2) is 5.44 Å². The zero-order chi connectivity index (χ0) is 23.2. The number of carbonyl (C=O) groups excluding carboxylic acids is 3. The van der Waals surface area contributed by atoms with Crippen molar-refractivity contribution >= 4 is 29.0 Å². The van der Waals surface area contributed by atoms with Crippen LogP contribution in [0.1, 0.15) is 18.1 Å². The van der Waals surface area contributed by atoms with Gasteiger partial charge in [0.1, 0.15) is 6.10 Å². The summed E-state index contributed by atoms with van der Waals surface area (Å²) in [6, 6.07) is 18.8. The molecular weight excluding hydrogens is 444 g/mol. The molecule has 0 N–H and O–H groups in total. The van der Waals surface area contributed by atoms with Gasteiger partial charge in [-0.3, -0.25) is 19.4 Å². The molecule has 0 saturated carbocycles. The summed E-state index contributed by atoms with van der Waals surface area (Å²) in [5.41, 5.74) is 1.01. The summed E-state index contributed by atoms with van der Waals surface area (Å²) in [5, 5.41) is -0.335. The first-order valence-corrected chi connectivity index (χ1v) is 11.7. The van der Waals surface area contributed by atoms with Crippen LogP contribution in [0, 0.1) is 0 Å². The van der Waals surface area contributed by atoms with E-state index in [1.807, 2.05) is 67.6 Å². The van der Waals surface area contributed by atoms with Crippen molar-refractivity contribution in [3.63, 3.8) is 0 Å². The molecule has 0 bridgehead atoms. The number of cyclic esters (lactones) is 1. The molecule has 0 aromatic heterocycles. The molecule has 33 heavy (non-hydrogen) atoms. The first-order chi connectivity index (χ1) is 16.0. The number of imide groups is 1. The van der Waals surface area contributed by atoms with Gasteiger partial charge in [-0.2, -0.15) is 0 Å². The number of rotatable bonds is 10. The van der Waals surface area contributed by atoms with Crippen molar-refractivity contribution in [1.82, 2.24) is 9.80 Å². The molecule has 3 amide bonds. The van der Waals surface area contributed by atoms with Crippen LogP contribution in [-0.2, 0) is 32.2 Å². The number of ether oxygens (including phenoxy) is 3. The molecule has 4 rings (SSSR count). The standard InChI is InChI=1S/C24H26N2O6S/c1-17(25-13-20(32-23(25)28)16-30-15-19-10-6-3-7-11-19)14-31-22-21(27)26(24(29)33-22)12-18-8-4-2-5-9-18/h2-11,17,20,22H,12-16H2,1H3. The molecule has 2 aliphatic rings. The highest BCUT2D eigenvalue weighted by Crippen LogP contribution is 2.29. The third-order valence-corrected chi connectivity index (χ3v) is 6.39. The molecule has 3 atom stereocenters. The molecule has 2 fully saturated rings. The highest BCUT2D eigenvalue weighted by atomic mass is 32.2. The Bertz CT molecular complexity index is 973. The summed E-state index contributed by atoms with van der Waals surface area (Å²) >= 11 is 0.856. The van der Waals surface area contributed by atoms with E-state index in [0.717, 1.165) is 22.9 Å². The third kappa shape index (κ3) is 5.93. The highest BCUT2D eigenvalue weighted by Gasteiger charge is 2.41. The zero-order valence-corrected chi connectivity index (χ0v) is 19.1. The number of nitrogens with zero attached hydrogens (tertiary/aromatic N) is 2. The zero-order valence-electron chi connectivity index (χ0n) is 18.3. The minimum atomic E-state index is -0.910.